The van der Waals surface area contributed by atoms with Gasteiger partial charge in [0.2, 0.25) is 0 Å². The molecule has 2 aromatic carbocycles. The number of nitrogens with one attached hydrogen (secondary N) is 1. The number of likely N-dealkylation sites (tertiary alicyclic amines) is 1. The maximum atomic E-state index is 12.5. The van der Waals surface area contributed by atoms with Crippen LogP contribution in [-0.2, 0) is 6.42 Å². The Hall–Kier alpha value is -3.02. The number of carbonyl (C=O) groups excluding carboxylic acids is 1. The summed E-state index contributed by atoms with van der Waals surface area (Å²) in [7, 11) is 0. The molecule has 2 N–H and O–H groups in total. The van der Waals surface area contributed by atoms with Crippen LogP contribution in [-0.4, -0.2) is 52.9 Å². The molecule has 8 heteroatoms. The lowest BCUT2D eigenvalue weighted by Crippen LogP contribution is -2.57. The second kappa shape index (κ2) is 9.32. The van der Waals surface area contributed by atoms with Crippen LogP contribution in [0.25, 0.3) is 0 Å². The zero-order chi connectivity index (χ0) is 23.8. The van der Waals surface area contributed by atoms with Crippen molar-refractivity contribution in [1.29, 1.82) is 5.26 Å². The Morgan fingerprint density at radius 2 is 2.09 bits per heavy atom. The summed E-state index contributed by atoms with van der Waals surface area (Å²) in [5, 5.41) is 23.3. The average Bonchev–Trinajstić information content (AvgIpc) is 3.44. The van der Waals surface area contributed by atoms with Crippen LogP contribution in [0.15, 0.2) is 41.4 Å². The Balaban J connectivity index is 1.29. The van der Waals surface area contributed by atoms with E-state index in [1.165, 1.54) is 16.7 Å². The number of aliphatic hydroxyl groups excluding tert-OH is 1. The molecule has 0 bridgehead atoms. The van der Waals surface area contributed by atoms with Crippen molar-refractivity contribution in [3.8, 4) is 11.8 Å². The summed E-state index contributed by atoms with van der Waals surface area (Å²) in [5.74, 6) is 0.600. The Labute approximate surface area is 203 Å². The summed E-state index contributed by atoms with van der Waals surface area (Å²) in [6.07, 6.45) is 1.41. The van der Waals surface area contributed by atoms with Gasteiger partial charge in [0.05, 0.1) is 53.7 Å². The molecule has 34 heavy (non-hydrogen) atoms. The number of hydrogen-bond donors (Lipinski definition) is 2. The van der Waals surface area contributed by atoms with E-state index < -0.39 is 6.10 Å². The van der Waals surface area contributed by atoms with Crippen molar-refractivity contribution in [2.45, 2.75) is 50.2 Å². The number of rotatable bonds is 5. The van der Waals surface area contributed by atoms with E-state index in [1.54, 1.807) is 16.7 Å². The van der Waals surface area contributed by atoms with Crippen molar-refractivity contribution in [2.24, 2.45) is 4.99 Å². The zero-order valence-electron chi connectivity index (χ0n) is 19.3. The van der Waals surface area contributed by atoms with Gasteiger partial charge in [-0.05, 0) is 61.6 Å². The highest BCUT2D eigenvalue weighted by Gasteiger charge is 2.34. The Morgan fingerprint density at radius 1 is 1.29 bits per heavy atom. The van der Waals surface area contributed by atoms with Crippen molar-refractivity contribution in [2.75, 3.05) is 19.6 Å². The molecule has 0 radical (unpaired) electrons. The first-order valence-corrected chi connectivity index (χ1v) is 12.6. The van der Waals surface area contributed by atoms with Gasteiger partial charge in [-0.3, -0.25) is 4.99 Å². The lowest BCUT2D eigenvalue weighted by Gasteiger charge is -2.36. The van der Waals surface area contributed by atoms with E-state index in [-0.39, 0.29) is 23.4 Å². The topological polar surface area (TPSA) is 97.9 Å². The number of carbonyl (C=O) groups is 1. The summed E-state index contributed by atoms with van der Waals surface area (Å²) >= 11 is 1.73. The highest BCUT2D eigenvalue weighted by molar-refractivity contribution is 8.14. The number of amides is 2. The summed E-state index contributed by atoms with van der Waals surface area (Å²) in [6.45, 7) is 5.39. The van der Waals surface area contributed by atoms with Crippen LogP contribution in [0.4, 0.5) is 4.79 Å². The maximum Gasteiger partial charge on any atom is 0.318 e. The molecule has 1 unspecified atom stereocenters. The first kappa shape index (κ1) is 22.8. The number of thioether (sulfide) groups is 1. The maximum absolute atomic E-state index is 12.5. The predicted octanol–water partition coefficient (Wildman–Crippen LogP) is 3.95. The number of hydrogen-bond acceptors (Lipinski definition) is 6. The van der Waals surface area contributed by atoms with Gasteiger partial charge in [0.25, 0.3) is 0 Å². The molecule has 0 spiro atoms. The van der Waals surface area contributed by atoms with E-state index in [1.807, 2.05) is 32.0 Å². The van der Waals surface area contributed by atoms with Crippen LogP contribution >= 0.6 is 11.8 Å². The number of nitriles is 1. The molecular weight excluding hydrogens is 448 g/mol. The molecule has 0 saturated carbocycles. The van der Waals surface area contributed by atoms with E-state index in [0.29, 0.717) is 30.9 Å². The lowest BCUT2D eigenvalue weighted by molar-refractivity contribution is 0.0257. The van der Waals surface area contributed by atoms with Gasteiger partial charge < -0.3 is 20.1 Å². The highest BCUT2D eigenvalue weighted by Crippen LogP contribution is 2.43. The molecule has 1 fully saturated rings. The Morgan fingerprint density at radius 3 is 2.82 bits per heavy atom. The number of β-amino-alcohol motifs (C(OH)–C–C–N with tert-alkyl or cyclic N) is 1. The molecule has 1 saturated heterocycles. The molecule has 2 aromatic rings. The molecular formula is C26H28N4O3S. The molecule has 2 heterocycles. The van der Waals surface area contributed by atoms with Gasteiger partial charge in [-0.1, -0.05) is 30.0 Å². The third-order valence-corrected chi connectivity index (χ3v) is 7.74. The normalized spacial score (nSPS) is 21.6. The monoisotopic (exact) mass is 476 g/mol. The number of ether oxygens (including phenoxy) is 1. The number of nitrogens with zero attached hydrogens (tertiary/aromatic N) is 3. The molecule has 2 amide bonds. The molecule has 0 aromatic heterocycles. The smallest absolute Gasteiger partial charge is 0.318 e. The minimum atomic E-state index is -0.398. The second-order valence-corrected chi connectivity index (χ2v) is 10.4. The van der Waals surface area contributed by atoms with Crippen LogP contribution in [0.3, 0.4) is 0 Å². The molecule has 2 aliphatic heterocycles. The lowest BCUT2D eigenvalue weighted by atomic mass is 9.99. The van der Waals surface area contributed by atoms with Crippen LogP contribution in [0.1, 0.15) is 59.4 Å². The fourth-order valence-electron chi connectivity index (χ4n) is 4.80. The van der Waals surface area contributed by atoms with E-state index >= 15 is 0 Å². The van der Waals surface area contributed by atoms with Gasteiger partial charge in [-0.25, -0.2) is 4.79 Å². The Kier molecular flexibility index (Phi) is 6.24. The fraction of sp³-hybridized carbons (Fsp3) is 0.423. The summed E-state index contributed by atoms with van der Waals surface area (Å²) in [6, 6.07) is 14.2. The van der Waals surface area contributed by atoms with Crippen LogP contribution < -0.4 is 10.1 Å². The van der Waals surface area contributed by atoms with Crippen LogP contribution in [0, 0.1) is 11.3 Å². The van der Waals surface area contributed by atoms with E-state index in [2.05, 4.69) is 29.6 Å². The minimum Gasteiger partial charge on any atom is -0.490 e. The van der Waals surface area contributed by atoms with Gasteiger partial charge in [0, 0.05) is 5.56 Å². The number of urea groups is 1. The van der Waals surface area contributed by atoms with Gasteiger partial charge >= 0.3 is 6.03 Å². The van der Waals surface area contributed by atoms with Crippen molar-refractivity contribution in [3.05, 3.63) is 64.2 Å². The molecule has 2 atom stereocenters. The third-order valence-electron chi connectivity index (χ3n) is 6.47. The predicted molar refractivity (Wildman–Crippen MR) is 132 cm³/mol. The fourth-order valence-corrected chi connectivity index (χ4v) is 5.98. The largest absolute Gasteiger partial charge is 0.490 e. The standard InChI is InChI=1S/C26H28N4O3S/c1-15(2)33-23-9-6-16(10-17(23)11-27)25-28-12-24(34-25)21-5-3-4-20-19(21)7-8-22(20)29-26(32)30-13-18(31)14-30/h3-6,9-10,15,18,22,24,31H,7-8,12-14H2,1-2H3,(H,29,32)/t22-,24?/m0/s1. The molecule has 1 aliphatic carbocycles. The summed E-state index contributed by atoms with van der Waals surface area (Å²) < 4.78 is 5.75. The number of aliphatic imine (C=N–C) groups is 1. The highest BCUT2D eigenvalue weighted by atomic mass is 32.2. The van der Waals surface area contributed by atoms with Crippen molar-refractivity contribution in [1.82, 2.24) is 10.2 Å². The van der Waals surface area contributed by atoms with E-state index in [4.69, 9.17) is 9.73 Å². The zero-order valence-corrected chi connectivity index (χ0v) is 20.1. The van der Waals surface area contributed by atoms with E-state index in [0.717, 1.165) is 23.4 Å². The average molecular weight is 477 g/mol. The second-order valence-electron chi connectivity index (χ2n) is 9.26. The van der Waals surface area contributed by atoms with Crippen LogP contribution in [0.5, 0.6) is 5.75 Å². The van der Waals surface area contributed by atoms with Crippen LogP contribution in [0.2, 0.25) is 0 Å². The van der Waals surface area contributed by atoms with Crippen molar-refractivity contribution >= 4 is 22.8 Å². The first-order valence-electron chi connectivity index (χ1n) is 11.7. The number of fused-ring (bicyclic) bond motifs is 1. The van der Waals surface area contributed by atoms with Gasteiger partial charge in [0.15, 0.2) is 0 Å². The number of aliphatic hydroxyl groups is 1. The molecule has 7 nitrogen and oxygen atoms in total. The first-order chi connectivity index (χ1) is 16.4. The van der Waals surface area contributed by atoms with Gasteiger partial charge in [0.1, 0.15) is 11.8 Å². The molecule has 5 rings (SSSR count). The minimum absolute atomic E-state index is 0.00123. The Bertz CT molecular complexity index is 1180. The van der Waals surface area contributed by atoms with E-state index in [9.17, 15) is 15.2 Å². The molecule has 176 valence electrons. The summed E-state index contributed by atoms with van der Waals surface area (Å²) in [4.78, 5) is 18.9. The quantitative estimate of drug-likeness (QED) is 0.681. The number of benzene rings is 2. The van der Waals surface area contributed by atoms with Gasteiger partial charge in [-0.2, -0.15) is 5.26 Å². The van der Waals surface area contributed by atoms with Crippen molar-refractivity contribution in [3.63, 3.8) is 0 Å². The van der Waals surface area contributed by atoms with Crippen molar-refractivity contribution < 1.29 is 14.6 Å². The van der Waals surface area contributed by atoms with Gasteiger partial charge in [-0.15, -0.1) is 0 Å². The summed E-state index contributed by atoms with van der Waals surface area (Å²) in [5.41, 5.74) is 5.23. The third kappa shape index (κ3) is 4.38. The SMILES string of the molecule is CC(C)Oc1ccc(C2=NCC(c3cccc4c3CC[C@@H]4NC(=O)N3CC(O)C3)S2)cc1C#N. The molecule has 3 aliphatic rings.